The molecule has 0 aliphatic heterocycles. The van der Waals surface area contributed by atoms with E-state index in [9.17, 15) is 4.79 Å². The quantitative estimate of drug-likeness (QED) is 0.339. The van der Waals surface area contributed by atoms with Crippen LogP contribution in [0.25, 0.3) is 11.0 Å². The maximum atomic E-state index is 11.5. The Balaban J connectivity index is 2.19. The first-order valence-corrected chi connectivity index (χ1v) is 4.58. The molecule has 0 spiro atoms. The van der Waals surface area contributed by atoms with E-state index in [1.807, 2.05) is 0 Å². The molecular weight excluding hydrogens is 210 g/mol. The van der Waals surface area contributed by atoms with Crippen molar-refractivity contribution in [3.8, 4) is 0 Å². The molecule has 0 saturated heterocycles. The summed E-state index contributed by atoms with van der Waals surface area (Å²) >= 11 is 0. The van der Waals surface area contributed by atoms with E-state index in [0.29, 0.717) is 11.0 Å². The molecule has 2 rings (SSSR count). The number of hydrogen-bond acceptors (Lipinski definition) is 5. The van der Waals surface area contributed by atoms with Gasteiger partial charge in [0.25, 0.3) is 0 Å². The molecule has 0 unspecified atom stereocenters. The zero-order valence-corrected chi connectivity index (χ0v) is 8.37. The molecule has 0 aliphatic rings. The van der Waals surface area contributed by atoms with E-state index in [-0.39, 0.29) is 6.61 Å². The highest BCUT2D eigenvalue weighted by Crippen LogP contribution is 2.09. The molecular formula is C10H9N3O3. The van der Waals surface area contributed by atoms with Gasteiger partial charge in [-0.15, -0.1) is 16.4 Å². The molecule has 0 bridgehead atoms. The third-order valence-corrected chi connectivity index (χ3v) is 1.84. The summed E-state index contributed by atoms with van der Waals surface area (Å²) in [7, 11) is 0. The molecule has 82 valence electrons. The number of hydrogen-bond donors (Lipinski definition) is 0. The van der Waals surface area contributed by atoms with E-state index in [0.717, 1.165) is 4.68 Å². The lowest BCUT2D eigenvalue weighted by atomic mass is 10.3. The lowest BCUT2D eigenvalue weighted by Crippen LogP contribution is -2.15. The van der Waals surface area contributed by atoms with E-state index >= 15 is 0 Å². The number of para-hydroxylation sites is 1. The lowest BCUT2D eigenvalue weighted by molar-refractivity contribution is -0.228. The van der Waals surface area contributed by atoms with E-state index < -0.39 is 6.09 Å². The first-order valence-electron chi connectivity index (χ1n) is 4.58. The Bertz CT molecular complexity index is 521. The van der Waals surface area contributed by atoms with Crippen molar-refractivity contribution in [2.45, 2.75) is 0 Å². The molecule has 6 nitrogen and oxygen atoms in total. The normalized spacial score (nSPS) is 10.2. The van der Waals surface area contributed by atoms with Crippen molar-refractivity contribution >= 4 is 17.1 Å². The monoisotopic (exact) mass is 219 g/mol. The fourth-order valence-corrected chi connectivity index (χ4v) is 1.17. The molecule has 0 amide bonds. The van der Waals surface area contributed by atoms with Crippen molar-refractivity contribution in [1.82, 2.24) is 15.0 Å². The molecule has 0 aliphatic carbocycles. The summed E-state index contributed by atoms with van der Waals surface area (Å²) in [6.07, 6.45) is 0.725. The Kier molecular flexibility index (Phi) is 2.93. The molecule has 1 aromatic heterocycles. The minimum absolute atomic E-state index is 0.123. The number of nitrogens with zero attached hydrogens (tertiary/aromatic N) is 3. The highest BCUT2D eigenvalue weighted by atomic mass is 17.2. The van der Waals surface area contributed by atoms with Crippen LogP contribution in [-0.2, 0) is 9.78 Å². The largest absolute Gasteiger partial charge is 0.468 e. The first-order chi connectivity index (χ1) is 7.83. The number of benzene rings is 1. The average molecular weight is 219 g/mol. The summed E-state index contributed by atoms with van der Waals surface area (Å²) in [4.78, 5) is 20.5. The summed E-state index contributed by atoms with van der Waals surface area (Å²) in [5.74, 6) is 0. The highest BCUT2D eigenvalue weighted by Gasteiger charge is 2.13. The molecule has 0 atom stereocenters. The van der Waals surface area contributed by atoms with Gasteiger partial charge in [-0.1, -0.05) is 23.4 Å². The van der Waals surface area contributed by atoms with Gasteiger partial charge < -0.3 is 0 Å². The van der Waals surface area contributed by atoms with Gasteiger partial charge in [0.1, 0.15) is 17.6 Å². The number of fused-ring (bicyclic) bond motifs is 1. The summed E-state index contributed by atoms with van der Waals surface area (Å²) in [5, 5.41) is 7.46. The zero-order chi connectivity index (χ0) is 11.4. The van der Waals surface area contributed by atoms with E-state index in [2.05, 4.69) is 26.7 Å². The second-order valence-corrected chi connectivity index (χ2v) is 2.91. The van der Waals surface area contributed by atoms with Gasteiger partial charge in [0.05, 0.1) is 0 Å². The van der Waals surface area contributed by atoms with Crippen LogP contribution in [0.5, 0.6) is 0 Å². The number of carbonyl (C=O) groups is 1. The molecule has 16 heavy (non-hydrogen) atoms. The minimum atomic E-state index is -0.740. The fraction of sp³-hybridized carbons (Fsp3) is 0.100. The second-order valence-electron chi connectivity index (χ2n) is 2.91. The van der Waals surface area contributed by atoms with Crippen molar-refractivity contribution in [3.63, 3.8) is 0 Å². The van der Waals surface area contributed by atoms with Crippen LogP contribution >= 0.6 is 0 Å². The third kappa shape index (κ3) is 1.91. The van der Waals surface area contributed by atoms with Gasteiger partial charge in [0.15, 0.2) is 0 Å². The summed E-state index contributed by atoms with van der Waals surface area (Å²) in [6, 6.07) is 7.04. The van der Waals surface area contributed by atoms with Crippen LogP contribution < -0.4 is 0 Å². The number of rotatable bonds is 3. The Morgan fingerprint density at radius 2 is 2.31 bits per heavy atom. The Morgan fingerprint density at radius 1 is 1.50 bits per heavy atom. The zero-order valence-electron chi connectivity index (χ0n) is 8.37. The molecule has 1 aromatic carbocycles. The topological polar surface area (TPSA) is 66.2 Å². The summed E-state index contributed by atoms with van der Waals surface area (Å²) in [6.45, 7) is 3.54. The van der Waals surface area contributed by atoms with E-state index in [1.54, 1.807) is 24.3 Å². The van der Waals surface area contributed by atoms with Crippen LogP contribution in [0.4, 0.5) is 4.79 Å². The Morgan fingerprint density at radius 3 is 3.12 bits per heavy atom. The predicted octanol–water partition coefficient (Wildman–Crippen LogP) is 1.53. The van der Waals surface area contributed by atoms with Crippen LogP contribution in [0.2, 0.25) is 0 Å². The SMILES string of the molecule is C=CCOOC(=O)n1nnc2ccccc21. The van der Waals surface area contributed by atoms with Gasteiger partial charge in [0.2, 0.25) is 0 Å². The lowest BCUT2D eigenvalue weighted by Gasteiger charge is -2.00. The van der Waals surface area contributed by atoms with Crippen LogP contribution in [0.1, 0.15) is 0 Å². The van der Waals surface area contributed by atoms with Gasteiger partial charge in [-0.05, 0) is 12.1 Å². The summed E-state index contributed by atoms with van der Waals surface area (Å²) < 4.78 is 1.03. The summed E-state index contributed by atoms with van der Waals surface area (Å²) in [5.41, 5.74) is 1.18. The number of aromatic nitrogens is 3. The van der Waals surface area contributed by atoms with Crippen molar-refractivity contribution < 1.29 is 14.6 Å². The van der Waals surface area contributed by atoms with E-state index in [1.165, 1.54) is 6.08 Å². The molecule has 1 heterocycles. The molecule has 0 radical (unpaired) electrons. The van der Waals surface area contributed by atoms with Gasteiger partial charge in [0, 0.05) is 0 Å². The van der Waals surface area contributed by atoms with Gasteiger partial charge in [-0.3, -0.25) is 4.89 Å². The van der Waals surface area contributed by atoms with Crippen molar-refractivity contribution in [2.75, 3.05) is 6.61 Å². The van der Waals surface area contributed by atoms with Crippen LogP contribution in [0.3, 0.4) is 0 Å². The molecule has 2 aromatic rings. The maximum absolute atomic E-state index is 11.5. The van der Waals surface area contributed by atoms with Gasteiger partial charge in [-0.2, -0.15) is 4.89 Å². The number of carbonyl (C=O) groups excluding carboxylic acids is 1. The first kappa shape index (κ1) is 10.3. The maximum Gasteiger partial charge on any atom is 0.468 e. The Hall–Kier alpha value is -2.21. The van der Waals surface area contributed by atoms with Crippen LogP contribution in [0.15, 0.2) is 36.9 Å². The Labute approximate surface area is 91.0 Å². The minimum Gasteiger partial charge on any atom is -0.273 e. The predicted molar refractivity (Wildman–Crippen MR) is 55.6 cm³/mol. The second kappa shape index (κ2) is 4.54. The van der Waals surface area contributed by atoms with E-state index in [4.69, 9.17) is 0 Å². The molecule has 0 fully saturated rings. The van der Waals surface area contributed by atoms with Crippen LogP contribution in [-0.4, -0.2) is 27.7 Å². The average Bonchev–Trinajstić information content (AvgIpc) is 2.73. The standard InChI is InChI=1S/C10H9N3O3/c1-2-7-15-16-10(14)13-9-6-4-3-5-8(9)11-12-13/h2-6H,1,7H2. The molecule has 0 saturated carbocycles. The highest BCUT2D eigenvalue weighted by molar-refractivity contribution is 5.84. The smallest absolute Gasteiger partial charge is 0.273 e. The van der Waals surface area contributed by atoms with Gasteiger partial charge >= 0.3 is 6.09 Å². The van der Waals surface area contributed by atoms with Crippen molar-refractivity contribution in [3.05, 3.63) is 36.9 Å². The third-order valence-electron chi connectivity index (χ3n) is 1.84. The fourth-order valence-electron chi connectivity index (χ4n) is 1.17. The van der Waals surface area contributed by atoms with Crippen molar-refractivity contribution in [1.29, 1.82) is 0 Å². The van der Waals surface area contributed by atoms with Gasteiger partial charge in [-0.25, -0.2) is 4.79 Å². The van der Waals surface area contributed by atoms with Crippen molar-refractivity contribution in [2.24, 2.45) is 0 Å². The molecule has 6 heteroatoms. The molecule has 0 N–H and O–H groups in total. The van der Waals surface area contributed by atoms with Crippen LogP contribution in [0, 0.1) is 0 Å².